The van der Waals surface area contributed by atoms with Gasteiger partial charge in [-0.25, -0.2) is 0 Å². The first-order valence-electron chi connectivity index (χ1n) is 17.7. The summed E-state index contributed by atoms with van der Waals surface area (Å²) in [5.74, 6) is 4.14. The van der Waals surface area contributed by atoms with Crippen molar-refractivity contribution in [2.45, 2.75) is 130 Å². The van der Waals surface area contributed by atoms with Gasteiger partial charge in [0.25, 0.3) is 0 Å². The zero-order valence-electron chi connectivity index (χ0n) is 29.2. The number of ether oxygens (including phenoxy) is 2. The molecule has 9 atom stereocenters. The van der Waals surface area contributed by atoms with E-state index in [4.69, 9.17) is 9.47 Å². The Morgan fingerprint density at radius 1 is 0.977 bits per heavy atom. The van der Waals surface area contributed by atoms with Crippen molar-refractivity contribution in [2.75, 3.05) is 34.3 Å². The van der Waals surface area contributed by atoms with Crippen molar-refractivity contribution in [2.24, 2.45) is 46.3 Å². The second-order valence-electron chi connectivity index (χ2n) is 17.0. The molecule has 254 valence electrons. The van der Waals surface area contributed by atoms with Gasteiger partial charge in [-0.15, -0.1) is 24.0 Å². The van der Waals surface area contributed by atoms with Crippen LogP contribution in [0.15, 0.2) is 11.6 Å². The van der Waals surface area contributed by atoms with E-state index >= 15 is 0 Å². The standard InChI is InChI=1S/C37H64NO5.HI/c1-25(2)10-9-11-26(3)31-14-15-32-30-13-12-27-22-29(18-20-36(27,4)33(30)19-21-37(31,32)5)43-35(41)17-16-34(40)42-24-28(39)23-38(6,7)8;/h12,25-26,28-33,39H,9-11,13-24H2,1-8H3;1H/q+1;/t26-,28?,29?,30+,31-,32+,33+,36+,37-;/m1./s1. The van der Waals surface area contributed by atoms with E-state index in [9.17, 15) is 14.7 Å². The SMILES string of the molecule is CC(C)CCC[C@@H](C)[C@H]1CC[C@H]2[C@@H]3CC=C4CC(OC(=O)CCC(=O)OCC(O)C[N+](C)(C)C)CC[C@]4(C)[C@H]3CC[C@]12C.I. The number of hydrogen-bond acceptors (Lipinski definition) is 5. The largest absolute Gasteiger partial charge is 0.463 e. The zero-order chi connectivity index (χ0) is 31.6. The summed E-state index contributed by atoms with van der Waals surface area (Å²) in [6, 6.07) is 0. The molecule has 0 bridgehead atoms. The van der Waals surface area contributed by atoms with Gasteiger partial charge in [0.05, 0.1) is 34.0 Å². The summed E-state index contributed by atoms with van der Waals surface area (Å²) in [7, 11) is 5.92. The lowest BCUT2D eigenvalue weighted by molar-refractivity contribution is -0.873. The van der Waals surface area contributed by atoms with Crippen LogP contribution in [-0.2, 0) is 19.1 Å². The molecule has 44 heavy (non-hydrogen) atoms. The van der Waals surface area contributed by atoms with Crippen LogP contribution in [-0.4, -0.2) is 68.0 Å². The van der Waals surface area contributed by atoms with Crippen molar-refractivity contribution < 1.29 is 28.7 Å². The molecule has 0 radical (unpaired) electrons. The van der Waals surface area contributed by atoms with Crippen LogP contribution in [0.25, 0.3) is 0 Å². The van der Waals surface area contributed by atoms with Gasteiger partial charge in [-0.05, 0) is 91.3 Å². The number of carbonyl (C=O) groups is 2. The highest BCUT2D eigenvalue weighted by Crippen LogP contribution is 2.67. The lowest BCUT2D eigenvalue weighted by Crippen LogP contribution is -2.51. The van der Waals surface area contributed by atoms with Crippen molar-refractivity contribution in [3.63, 3.8) is 0 Å². The maximum absolute atomic E-state index is 12.7. The summed E-state index contributed by atoms with van der Waals surface area (Å²) in [6.07, 6.45) is 15.5. The topological polar surface area (TPSA) is 72.8 Å². The first-order chi connectivity index (χ1) is 20.1. The van der Waals surface area contributed by atoms with Crippen LogP contribution in [0.1, 0.15) is 118 Å². The highest BCUT2D eigenvalue weighted by Gasteiger charge is 2.59. The first-order valence-corrected chi connectivity index (χ1v) is 17.7. The number of likely N-dealkylation sites (N-methyl/N-ethyl adjacent to an activating group) is 1. The minimum absolute atomic E-state index is 0. The Labute approximate surface area is 286 Å². The first kappa shape index (κ1) is 37.8. The molecule has 0 saturated heterocycles. The Kier molecular flexibility index (Phi) is 13.3. The number of aliphatic hydroxyl groups is 1. The Bertz CT molecular complexity index is 1010. The smallest absolute Gasteiger partial charge is 0.306 e. The molecule has 4 aliphatic rings. The Morgan fingerprint density at radius 2 is 1.68 bits per heavy atom. The van der Waals surface area contributed by atoms with Crippen LogP contribution in [0.4, 0.5) is 0 Å². The molecular weight excluding hydrogens is 665 g/mol. The van der Waals surface area contributed by atoms with Gasteiger partial charge in [-0.2, -0.15) is 0 Å². The molecular formula is C37H65INO5+. The quantitative estimate of drug-likeness (QED) is 0.0902. The summed E-state index contributed by atoms with van der Waals surface area (Å²) in [4.78, 5) is 24.8. The third kappa shape index (κ3) is 9.02. The molecule has 0 aromatic rings. The van der Waals surface area contributed by atoms with Gasteiger partial charge in [-0.3, -0.25) is 9.59 Å². The fourth-order valence-corrected chi connectivity index (χ4v) is 10.1. The number of quaternary nitrogens is 1. The van der Waals surface area contributed by atoms with Gasteiger partial charge >= 0.3 is 11.9 Å². The lowest BCUT2D eigenvalue weighted by atomic mass is 9.47. The maximum atomic E-state index is 12.7. The summed E-state index contributed by atoms with van der Waals surface area (Å²) in [6.45, 7) is 12.9. The lowest BCUT2D eigenvalue weighted by Gasteiger charge is -2.58. The minimum Gasteiger partial charge on any atom is -0.463 e. The average Bonchev–Trinajstić information content (AvgIpc) is 3.27. The van der Waals surface area contributed by atoms with Crippen LogP contribution in [0, 0.1) is 46.3 Å². The van der Waals surface area contributed by atoms with Gasteiger partial charge in [0.2, 0.25) is 0 Å². The second kappa shape index (κ2) is 15.5. The molecule has 0 aromatic carbocycles. The molecule has 7 heteroatoms. The molecule has 6 nitrogen and oxygen atoms in total. The number of esters is 2. The highest BCUT2D eigenvalue weighted by atomic mass is 127. The van der Waals surface area contributed by atoms with Crippen LogP contribution in [0.2, 0.25) is 0 Å². The number of fused-ring (bicyclic) bond motifs is 5. The van der Waals surface area contributed by atoms with Gasteiger partial charge in [0.15, 0.2) is 0 Å². The van der Waals surface area contributed by atoms with Gasteiger partial charge in [0.1, 0.15) is 25.4 Å². The number of allylic oxidation sites excluding steroid dienone is 1. The number of rotatable bonds is 13. The van der Waals surface area contributed by atoms with Crippen LogP contribution in [0.5, 0.6) is 0 Å². The van der Waals surface area contributed by atoms with Crippen molar-refractivity contribution >= 4 is 35.9 Å². The minimum atomic E-state index is -0.716. The molecule has 3 fully saturated rings. The van der Waals surface area contributed by atoms with Crippen molar-refractivity contribution in [1.82, 2.24) is 0 Å². The molecule has 0 aromatic heterocycles. The Hall–Kier alpha value is -0.670. The molecule has 4 rings (SSSR count). The molecule has 0 aliphatic heterocycles. The number of hydrogen-bond donors (Lipinski definition) is 1. The predicted octanol–water partition coefficient (Wildman–Crippen LogP) is 7.95. The highest BCUT2D eigenvalue weighted by molar-refractivity contribution is 14.0. The third-order valence-electron chi connectivity index (χ3n) is 12.3. The van der Waals surface area contributed by atoms with E-state index in [1.165, 1.54) is 56.9 Å². The fraction of sp³-hybridized carbons (Fsp3) is 0.892. The van der Waals surface area contributed by atoms with Crippen molar-refractivity contribution in [3.8, 4) is 0 Å². The Balaban J connectivity index is 0.00000529. The number of carbonyl (C=O) groups excluding carboxylic acids is 2. The van der Waals surface area contributed by atoms with E-state index in [1.54, 1.807) is 0 Å². The number of halogens is 1. The summed E-state index contributed by atoms with van der Waals surface area (Å²) in [5, 5.41) is 10.1. The third-order valence-corrected chi connectivity index (χ3v) is 12.3. The molecule has 0 amide bonds. The molecule has 1 N–H and O–H groups in total. The summed E-state index contributed by atoms with van der Waals surface area (Å²) >= 11 is 0. The molecule has 3 saturated carbocycles. The second-order valence-corrected chi connectivity index (χ2v) is 17.0. The van der Waals surface area contributed by atoms with Crippen molar-refractivity contribution in [3.05, 3.63) is 11.6 Å². The summed E-state index contributed by atoms with van der Waals surface area (Å²) < 4.78 is 11.7. The Morgan fingerprint density at radius 3 is 2.36 bits per heavy atom. The van der Waals surface area contributed by atoms with E-state index in [2.05, 4.69) is 40.7 Å². The molecule has 2 unspecified atom stereocenters. The number of nitrogens with zero attached hydrogens (tertiary/aromatic N) is 1. The summed E-state index contributed by atoms with van der Waals surface area (Å²) in [5.41, 5.74) is 2.24. The van der Waals surface area contributed by atoms with Crippen LogP contribution >= 0.6 is 24.0 Å². The van der Waals surface area contributed by atoms with Crippen LogP contribution in [0.3, 0.4) is 0 Å². The molecule has 4 aliphatic carbocycles. The fourth-order valence-electron chi connectivity index (χ4n) is 10.1. The van der Waals surface area contributed by atoms with E-state index in [0.29, 0.717) is 16.4 Å². The molecule has 0 spiro atoms. The van der Waals surface area contributed by atoms with Gasteiger partial charge in [-0.1, -0.05) is 65.5 Å². The number of aliphatic hydroxyl groups excluding tert-OH is 1. The van der Waals surface area contributed by atoms with Gasteiger partial charge < -0.3 is 19.1 Å². The normalized spacial score (nSPS) is 34.5. The van der Waals surface area contributed by atoms with Crippen molar-refractivity contribution in [1.29, 1.82) is 0 Å². The van der Waals surface area contributed by atoms with E-state index in [1.807, 2.05) is 21.1 Å². The maximum Gasteiger partial charge on any atom is 0.306 e. The van der Waals surface area contributed by atoms with E-state index in [-0.39, 0.29) is 60.9 Å². The van der Waals surface area contributed by atoms with E-state index < -0.39 is 12.1 Å². The predicted molar refractivity (Wildman–Crippen MR) is 187 cm³/mol. The van der Waals surface area contributed by atoms with E-state index in [0.717, 1.165) is 54.8 Å². The molecule has 0 heterocycles. The van der Waals surface area contributed by atoms with Gasteiger partial charge in [0, 0.05) is 6.42 Å². The zero-order valence-corrected chi connectivity index (χ0v) is 31.6. The van der Waals surface area contributed by atoms with Crippen LogP contribution < -0.4 is 0 Å². The monoisotopic (exact) mass is 730 g/mol. The average molecular weight is 731 g/mol.